The van der Waals surface area contributed by atoms with E-state index in [4.69, 9.17) is 10.3 Å². The molecule has 0 saturated heterocycles. The van der Waals surface area contributed by atoms with Crippen LogP contribution in [-0.4, -0.2) is 30.9 Å². The first-order valence-electron chi connectivity index (χ1n) is 8.88. The molecule has 11 heteroatoms. The van der Waals surface area contributed by atoms with Crippen molar-refractivity contribution in [2.75, 3.05) is 0 Å². The van der Waals surface area contributed by atoms with Gasteiger partial charge in [-0.15, -0.1) is 0 Å². The summed E-state index contributed by atoms with van der Waals surface area (Å²) in [5, 5.41) is 17.3. The van der Waals surface area contributed by atoms with Gasteiger partial charge in [0, 0.05) is 5.56 Å². The van der Waals surface area contributed by atoms with E-state index in [9.17, 15) is 23.1 Å². The van der Waals surface area contributed by atoms with Crippen molar-refractivity contribution in [2.45, 2.75) is 12.3 Å². The maximum absolute atomic E-state index is 13.8. The van der Waals surface area contributed by atoms with Crippen molar-refractivity contribution in [1.29, 1.82) is 0 Å². The molecule has 4 aromatic rings. The molecule has 2 heterocycles. The highest BCUT2D eigenvalue weighted by atomic mass is 19.4. The van der Waals surface area contributed by atoms with Gasteiger partial charge in [-0.3, -0.25) is 4.79 Å². The Labute approximate surface area is 172 Å². The summed E-state index contributed by atoms with van der Waals surface area (Å²) in [5.74, 6) is -1.24. The lowest BCUT2D eigenvalue weighted by molar-refractivity contribution is -0.142. The standard InChI is InChI=1S/C20H14F3N5O3/c21-20(22,23)16-14(10-25-28(16)13-4-2-1-3-5-13)19-26-18(27-31-19)12-8-6-11(7-9-12)15(29)17(24)30/h1-10,15,29H,(H2,24,30). The number of primary amides is 1. The van der Waals surface area contributed by atoms with Crippen LogP contribution in [0.15, 0.2) is 65.3 Å². The molecular formula is C20H14F3N5O3. The summed E-state index contributed by atoms with van der Waals surface area (Å²) in [6.07, 6.45) is -5.20. The normalized spacial score (nSPS) is 12.6. The van der Waals surface area contributed by atoms with Crippen molar-refractivity contribution in [1.82, 2.24) is 19.9 Å². The van der Waals surface area contributed by atoms with Crippen molar-refractivity contribution in [2.24, 2.45) is 5.73 Å². The molecule has 158 valence electrons. The molecule has 0 saturated carbocycles. The number of carbonyl (C=O) groups is 1. The number of hydrogen-bond donors (Lipinski definition) is 2. The minimum absolute atomic E-state index is 0.0238. The van der Waals surface area contributed by atoms with Gasteiger partial charge in [0.25, 0.3) is 11.8 Å². The van der Waals surface area contributed by atoms with E-state index in [1.165, 1.54) is 36.4 Å². The van der Waals surface area contributed by atoms with Crippen LogP contribution in [0.2, 0.25) is 0 Å². The number of aromatic nitrogens is 4. The van der Waals surface area contributed by atoms with E-state index in [-0.39, 0.29) is 28.5 Å². The molecule has 0 radical (unpaired) electrons. The molecule has 2 aromatic heterocycles. The summed E-state index contributed by atoms with van der Waals surface area (Å²) >= 11 is 0. The highest BCUT2D eigenvalue weighted by Crippen LogP contribution is 2.38. The van der Waals surface area contributed by atoms with Gasteiger partial charge in [-0.2, -0.15) is 23.3 Å². The lowest BCUT2D eigenvalue weighted by Crippen LogP contribution is -2.20. The maximum Gasteiger partial charge on any atom is 0.434 e. The number of carbonyl (C=O) groups excluding carboxylic acids is 1. The summed E-state index contributed by atoms with van der Waals surface area (Å²) in [4.78, 5) is 15.1. The molecule has 0 spiro atoms. The molecule has 1 amide bonds. The molecular weight excluding hydrogens is 415 g/mol. The summed E-state index contributed by atoms with van der Waals surface area (Å²) in [5.41, 5.74) is 4.52. The Morgan fingerprint density at radius 2 is 1.77 bits per heavy atom. The molecule has 31 heavy (non-hydrogen) atoms. The third-order valence-electron chi connectivity index (χ3n) is 4.45. The van der Waals surface area contributed by atoms with Crippen LogP contribution in [0.5, 0.6) is 0 Å². The van der Waals surface area contributed by atoms with E-state index in [2.05, 4.69) is 15.2 Å². The van der Waals surface area contributed by atoms with E-state index in [0.29, 0.717) is 5.56 Å². The third kappa shape index (κ3) is 3.90. The average Bonchev–Trinajstić information content (AvgIpc) is 3.41. The fraction of sp³-hybridized carbons (Fsp3) is 0.100. The van der Waals surface area contributed by atoms with Crippen LogP contribution in [0.1, 0.15) is 17.4 Å². The maximum atomic E-state index is 13.8. The number of alkyl halides is 3. The van der Waals surface area contributed by atoms with Crippen LogP contribution in [0.25, 0.3) is 28.5 Å². The van der Waals surface area contributed by atoms with Gasteiger partial charge in [0.15, 0.2) is 11.8 Å². The van der Waals surface area contributed by atoms with E-state index >= 15 is 0 Å². The second-order valence-electron chi connectivity index (χ2n) is 6.50. The summed E-state index contributed by atoms with van der Waals surface area (Å²) in [6.45, 7) is 0. The zero-order chi connectivity index (χ0) is 22.2. The molecule has 1 unspecified atom stereocenters. The fourth-order valence-corrected chi connectivity index (χ4v) is 2.97. The first-order valence-corrected chi connectivity index (χ1v) is 8.88. The minimum atomic E-state index is -4.73. The molecule has 0 bridgehead atoms. The molecule has 0 fully saturated rings. The van der Waals surface area contributed by atoms with Crippen LogP contribution >= 0.6 is 0 Å². The van der Waals surface area contributed by atoms with Crippen LogP contribution in [0.4, 0.5) is 13.2 Å². The van der Waals surface area contributed by atoms with Crippen LogP contribution < -0.4 is 5.73 Å². The van der Waals surface area contributed by atoms with Crippen molar-refractivity contribution in [3.8, 4) is 28.5 Å². The van der Waals surface area contributed by atoms with Crippen molar-refractivity contribution >= 4 is 5.91 Å². The van der Waals surface area contributed by atoms with E-state index in [1.54, 1.807) is 18.2 Å². The highest BCUT2D eigenvalue weighted by molar-refractivity contribution is 5.80. The van der Waals surface area contributed by atoms with Crippen LogP contribution in [0, 0.1) is 0 Å². The Bertz CT molecular complexity index is 1220. The molecule has 2 aromatic carbocycles. The Morgan fingerprint density at radius 3 is 2.39 bits per heavy atom. The van der Waals surface area contributed by atoms with Gasteiger partial charge in [-0.1, -0.05) is 47.6 Å². The second kappa shape index (κ2) is 7.69. The summed E-state index contributed by atoms with van der Waals surface area (Å²) < 4.78 is 47.3. The van der Waals surface area contributed by atoms with Crippen molar-refractivity contribution in [3.63, 3.8) is 0 Å². The number of aliphatic hydroxyl groups is 1. The monoisotopic (exact) mass is 429 g/mol. The topological polar surface area (TPSA) is 120 Å². The Hall–Kier alpha value is -3.99. The van der Waals surface area contributed by atoms with Gasteiger partial charge in [-0.25, -0.2) is 4.68 Å². The van der Waals surface area contributed by atoms with Gasteiger partial charge in [0.2, 0.25) is 5.82 Å². The van der Waals surface area contributed by atoms with Crippen LogP contribution in [-0.2, 0) is 11.0 Å². The van der Waals surface area contributed by atoms with Gasteiger partial charge >= 0.3 is 6.18 Å². The SMILES string of the molecule is NC(=O)C(O)c1ccc(-c2noc(-c3cnn(-c4ccccc4)c3C(F)(F)F)n2)cc1. The largest absolute Gasteiger partial charge is 0.434 e. The average molecular weight is 429 g/mol. The number of aliphatic hydroxyl groups excluding tert-OH is 1. The zero-order valence-electron chi connectivity index (χ0n) is 15.6. The number of halogens is 3. The van der Waals surface area contributed by atoms with E-state index < -0.39 is 23.9 Å². The lowest BCUT2D eigenvalue weighted by atomic mass is 10.1. The molecule has 8 nitrogen and oxygen atoms in total. The number of benzene rings is 2. The number of amides is 1. The van der Waals surface area contributed by atoms with Gasteiger partial charge in [-0.05, 0) is 17.7 Å². The summed E-state index contributed by atoms with van der Waals surface area (Å²) in [7, 11) is 0. The van der Waals surface area contributed by atoms with Crippen LogP contribution in [0.3, 0.4) is 0 Å². The Morgan fingerprint density at radius 1 is 1.10 bits per heavy atom. The Kier molecular flexibility index (Phi) is 5.03. The molecule has 4 rings (SSSR count). The van der Waals surface area contributed by atoms with E-state index in [0.717, 1.165) is 10.9 Å². The summed E-state index contributed by atoms with van der Waals surface area (Å²) in [6, 6.07) is 13.7. The molecule has 1 atom stereocenters. The Balaban J connectivity index is 1.71. The predicted molar refractivity (Wildman–Crippen MR) is 101 cm³/mol. The molecule has 0 aliphatic carbocycles. The lowest BCUT2D eigenvalue weighted by Gasteiger charge is -2.11. The van der Waals surface area contributed by atoms with Gasteiger partial charge in [0.05, 0.1) is 17.4 Å². The zero-order valence-corrected chi connectivity index (χ0v) is 15.6. The first kappa shape index (κ1) is 20.3. The number of hydrogen-bond acceptors (Lipinski definition) is 6. The molecule has 0 aliphatic heterocycles. The van der Waals surface area contributed by atoms with Gasteiger partial charge in [0.1, 0.15) is 0 Å². The van der Waals surface area contributed by atoms with E-state index in [1.807, 2.05) is 0 Å². The second-order valence-corrected chi connectivity index (χ2v) is 6.50. The third-order valence-corrected chi connectivity index (χ3v) is 4.45. The molecule has 3 N–H and O–H groups in total. The number of nitrogens with zero attached hydrogens (tertiary/aromatic N) is 4. The van der Waals surface area contributed by atoms with Gasteiger partial charge < -0.3 is 15.4 Å². The highest BCUT2D eigenvalue weighted by Gasteiger charge is 2.40. The quantitative estimate of drug-likeness (QED) is 0.503. The number of nitrogens with two attached hydrogens (primary N) is 1. The smallest absolute Gasteiger partial charge is 0.378 e. The molecule has 0 aliphatic rings. The minimum Gasteiger partial charge on any atom is -0.378 e. The number of para-hydroxylation sites is 1. The predicted octanol–water partition coefficient (Wildman–Crippen LogP) is 3.13. The fourth-order valence-electron chi connectivity index (χ4n) is 2.97. The first-order chi connectivity index (χ1) is 14.8. The van der Waals surface area contributed by atoms with Crippen molar-refractivity contribution in [3.05, 3.63) is 72.1 Å². The van der Waals surface area contributed by atoms with Crippen molar-refractivity contribution < 1.29 is 27.6 Å². The number of rotatable bonds is 5.